The summed E-state index contributed by atoms with van der Waals surface area (Å²) in [5, 5.41) is 7.32. The number of aromatic nitrogens is 2. The summed E-state index contributed by atoms with van der Waals surface area (Å²) in [6.07, 6.45) is 3.37. The number of fused-ring (bicyclic) bond motifs is 1. The molecule has 0 spiro atoms. The molecule has 96 valence electrons. The normalized spacial score (nSPS) is 11.5. The molecular weight excluding hydrogens is 276 g/mol. The summed E-state index contributed by atoms with van der Waals surface area (Å²) in [5.74, 6) is 0.764. The van der Waals surface area contributed by atoms with Crippen molar-refractivity contribution in [2.75, 3.05) is 5.43 Å². The van der Waals surface area contributed by atoms with Gasteiger partial charge in [-0.05, 0) is 30.9 Å². The molecule has 3 rings (SSSR count). The van der Waals surface area contributed by atoms with E-state index in [1.165, 1.54) is 10.4 Å². The fourth-order valence-electron chi connectivity index (χ4n) is 1.79. The minimum Gasteiger partial charge on any atom is -0.261 e. The first kappa shape index (κ1) is 12.3. The number of hydrogen-bond acceptors (Lipinski definition) is 6. The molecule has 0 fully saturated rings. The topological polar surface area (TPSA) is 50.2 Å². The largest absolute Gasteiger partial charge is 0.261 e. The van der Waals surface area contributed by atoms with Crippen LogP contribution in [0.5, 0.6) is 0 Å². The van der Waals surface area contributed by atoms with E-state index in [0.29, 0.717) is 0 Å². The Balaban J connectivity index is 1.93. The van der Waals surface area contributed by atoms with Gasteiger partial charge < -0.3 is 0 Å². The predicted octanol–water partition coefficient (Wildman–Crippen LogP) is 3.82. The monoisotopic (exact) mass is 288 g/mol. The lowest BCUT2D eigenvalue weighted by Crippen LogP contribution is -1.94. The molecule has 4 nitrogen and oxygen atoms in total. The van der Waals surface area contributed by atoms with E-state index < -0.39 is 0 Å². The zero-order valence-corrected chi connectivity index (χ0v) is 12.2. The first-order valence-electron chi connectivity index (χ1n) is 5.79. The van der Waals surface area contributed by atoms with E-state index in [1.54, 1.807) is 35.2 Å². The minimum atomic E-state index is 0.764. The van der Waals surface area contributed by atoms with Crippen LogP contribution in [0.1, 0.15) is 15.3 Å². The van der Waals surface area contributed by atoms with Crippen LogP contribution in [0.2, 0.25) is 0 Å². The van der Waals surface area contributed by atoms with Crippen molar-refractivity contribution in [2.45, 2.75) is 13.8 Å². The fraction of sp³-hybridized carbons (Fsp3) is 0.154. The highest BCUT2D eigenvalue weighted by Gasteiger charge is 2.10. The van der Waals surface area contributed by atoms with E-state index in [2.05, 4.69) is 34.3 Å². The summed E-state index contributed by atoms with van der Waals surface area (Å²) in [6.45, 7) is 4.19. The van der Waals surface area contributed by atoms with E-state index in [-0.39, 0.29) is 0 Å². The van der Waals surface area contributed by atoms with E-state index in [4.69, 9.17) is 0 Å². The summed E-state index contributed by atoms with van der Waals surface area (Å²) in [6, 6.07) is 4.02. The third-order valence-electron chi connectivity index (χ3n) is 2.87. The highest BCUT2D eigenvalue weighted by atomic mass is 32.1. The van der Waals surface area contributed by atoms with Gasteiger partial charge in [-0.1, -0.05) is 6.07 Å². The maximum absolute atomic E-state index is 4.30. The maximum Gasteiger partial charge on any atom is 0.158 e. The van der Waals surface area contributed by atoms with Gasteiger partial charge in [0.05, 0.1) is 11.6 Å². The Morgan fingerprint density at radius 2 is 2.21 bits per heavy atom. The smallest absolute Gasteiger partial charge is 0.158 e. The van der Waals surface area contributed by atoms with Crippen molar-refractivity contribution in [3.8, 4) is 0 Å². The number of nitrogens with one attached hydrogen (secondary N) is 1. The molecule has 0 aliphatic carbocycles. The van der Waals surface area contributed by atoms with Gasteiger partial charge in [-0.2, -0.15) is 5.10 Å². The summed E-state index contributed by atoms with van der Waals surface area (Å²) in [5.41, 5.74) is 4.23. The van der Waals surface area contributed by atoms with Gasteiger partial charge in [0.15, 0.2) is 5.82 Å². The third-order valence-corrected chi connectivity index (χ3v) is 4.79. The van der Waals surface area contributed by atoms with Gasteiger partial charge in [0.1, 0.15) is 11.2 Å². The third kappa shape index (κ3) is 2.36. The first-order valence-corrected chi connectivity index (χ1v) is 7.48. The predicted molar refractivity (Wildman–Crippen MR) is 82.4 cm³/mol. The van der Waals surface area contributed by atoms with Gasteiger partial charge in [-0.3, -0.25) is 5.43 Å². The summed E-state index contributed by atoms with van der Waals surface area (Å²) >= 11 is 3.33. The molecule has 0 amide bonds. The Bertz CT molecular complexity index is 729. The van der Waals surface area contributed by atoms with Gasteiger partial charge in [-0.15, -0.1) is 22.7 Å². The Morgan fingerprint density at radius 1 is 1.32 bits per heavy atom. The lowest BCUT2D eigenvalue weighted by molar-refractivity contribution is 1.19. The molecule has 0 saturated heterocycles. The summed E-state index contributed by atoms with van der Waals surface area (Å²) in [7, 11) is 0. The second kappa shape index (κ2) is 5.07. The van der Waals surface area contributed by atoms with Crippen LogP contribution in [0.25, 0.3) is 10.2 Å². The van der Waals surface area contributed by atoms with E-state index in [0.717, 1.165) is 20.9 Å². The van der Waals surface area contributed by atoms with Crippen LogP contribution in [-0.2, 0) is 0 Å². The standard InChI is InChI=1S/C13H12N4S2/c1-8-9(2)19-13-11(8)12(14-7-15-13)17-16-6-10-4-3-5-18-10/h3-7H,1-2H3,(H,14,15,17)/b16-6+. The van der Waals surface area contributed by atoms with Crippen LogP contribution in [0.15, 0.2) is 28.9 Å². The van der Waals surface area contributed by atoms with Gasteiger partial charge in [0.2, 0.25) is 0 Å². The zero-order chi connectivity index (χ0) is 13.2. The number of hydrazone groups is 1. The quantitative estimate of drug-likeness (QED) is 0.589. The molecule has 0 aliphatic heterocycles. The van der Waals surface area contributed by atoms with Crippen molar-refractivity contribution in [1.29, 1.82) is 0 Å². The number of nitrogens with zero attached hydrogens (tertiary/aromatic N) is 3. The van der Waals surface area contributed by atoms with Gasteiger partial charge in [-0.25, -0.2) is 9.97 Å². The second-order valence-corrected chi connectivity index (χ2v) is 6.25. The van der Waals surface area contributed by atoms with Crippen molar-refractivity contribution in [1.82, 2.24) is 9.97 Å². The average Bonchev–Trinajstić information content (AvgIpc) is 3.00. The molecule has 3 heterocycles. The number of aryl methyl sites for hydroxylation is 2. The van der Waals surface area contributed by atoms with Crippen LogP contribution in [-0.4, -0.2) is 16.2 Å². The molecule has 6 heteroatoms. The van der Waals surface area contributed by atoms with Crippen LogP contribution >= 0.6 is 22.7 Å². The molecule has 0 atom stereocenters. The molecule has 0 aromatic carbocycles. The molecule has 0 aliphatic rings. The number of anilines is 1. The van der Waals surface area contributed by atoms with Crippen LogP contribution in [0, 0.1) is 13.8 Å². The van der Waals surface area contributed by atoms with Gasteiger partial charge in [0.25, 0.3) is 0 Å². The second-order valence-electron chi connectivity index (χ2n) is 4.07. The molecule has 1 N–H and O–H groups in total. The lowest BCUT2D eigenvalue weighted by Gasteiger charge is -2.01. The SMILES string of the molecule is Cc1sc2ncnc(N/N=C/c3cccs3)c2c1C. The lowest BCUT2D eigenvalue weighted by atomic mass is 10.2. The van der Waals surface area contributed by atoms with Gasteiger partial charge >= 0.3 is 0 Å². The molecule has 3 aromatic heterocycles. The van der Waals surface area contributed by atoms with E-state index in [1.807, 2.05) is 17.5 Å². The maximum atomic E-state index is 4.30. The van der Waals surface area contributed by atoms with Crippen molar-refractivity contribution in [3.63, 3.8) is 0 Å². The van der Waals surface area contributed by atoms with E-state index in [9.17, 15) is 0 Å². The zero-order valence-electron chi connectivity index (χ0n) is 10.5. The van der Waals surface area contributed by atoms with Crippen LogP contribution < -0.4 is 5.43 Å². The number of rotatable bonds is 3. The summed E-state index contributed by atoms with van der Waals surface area (Å²) in [4.78, 5) is 11.9. The molecule has 0 bridgehead atoms. The highest BCUT2D eigenvalue weighted by Crippen LogP contribution is 2.32. The summed E-state index contributed by atoms with van der Waals surface area (Å²) < 4.78 is 0. The van der Waals surface area contributed by atoms with Gasteiger partial charge in [0, 0.05) is 9.75 Å². The molecular formula is C13H12N4S2. The van der Waals surface area contributed by atoms with Crippen molar-refractivity contribution < 1.29 is 0 Å². The first-order chi connectivity index (χ1) is 9.25. The molecule has 3 aromatic rings. The Kier molecular flexibility index (Phi) is 3.27. The number of thiophene rings is 2. The Labute approximate surface area is 118 Å². The fourth-order valence-corrected chi connectivity index (χ4v) is 3.37. The van der Waals surface area contributed by atoms with Crippen LogP contribution in [0.4, 0.5) is 5.82 Å². The Morgan fingerprint density at radius 3 is 3.00 bits per heavy atom. The Hall–Kier alpha value is -1.79. The van der Waals surface area contributed by atoms with Crippen molar-refractivity contribution in [2.24, 2.45) is 5.10 Å². The van der Waals surface area contributed by atoms with E-state index >= 15 is 0 Å². The highest BCUT2D eigenvalue weighted by molar-refractivity contribution is 7.18. The molecule has 19 heavy (non-hydrogen) atoms. The van der Waals surface area contributed by atoms with Crippen molar-refractivity contribution >= 4 is 44.9 Å². The molecule has 0 radical (unpaired) electrons. The van der Waals surface area contributed by atoms with Crippen molar-refractivity contribution in [3.05, 3.63) is 39.2 Å². The molecule has 0 saturated carbocycles. The number of hydrogen-bond donors (Lipinski definition) is 1. The average molecular weight is 288 g/mol. The van der Waals surface area contributed by atoms with Crippen LogP contribution in [0.3, 0.4) is 0 Å². The molecule has 0 unspecified atom stereocenters. The minimum absolute atomic E-state index is 0.764.